The molecule has 108 valence electrons. The molecule has 1 aliphatic rings. The Labute approximate surface area is 107 Å². The summed E-state index contributed by atoms with van der Waals surface area (Å²) >= 11 is 0. The van der Waals surface area contributed by atoms with Crippen molar-refractivity contribution in [2.45, 2.75) is 19.3 Å². The Hall–Kier alpha value is -1.19. The standard InChI is InChI=1S/C10H15F3N4O2/c11-10(12,13)7-18-6-9-15-8(16-19-9)5-17-3-1-14-2-4-17/h14H,1-7H2. The molecular weight excluding hydrogens is 265 g/mol. The van der Waals surface area contributed by atoms with Crippen molar-refractivity contribution < 1.29 is 22.4 Å². The molecule has 0 atom stereocenters. The van der Waals surface area contributed by atoms with E-state index in [-0.39, 0.29) is 12.5 Å². The van der Waals surface area contributed by atoms with Gasteiger partial charge in [0.1, 0.15) is 13.2 Å². The van der Waals surface area contributed by atoms with Crippen LogP contribution in [0.15, 0.2) is 4.52 Å². The fourth-order valence-corrected chi connectivity index (χ4v) is 1.74. The molecule has 1 N–H and O–H groups in total. The number of alkyl halides is 3. The van der Waals surface area contributed by atoms with Gasteiger partial charge in [0, 0.05) is 26.2 Å². The van der Waals surface area contributed by atoms with Crippen LogP contribution in [0.25, 0.3) is 0 Å². The minimum absolute atomic E-state index is 0.0642. The maximum absolute atomic E-state index is 11.9. The van der Waals surface area contributed by atoms with E-state index >= 15 is 0 Å². The van der Waals surface area contributed by atoms with Crippen LogP contribution in [0.4, 0.5) is 13.2 Å². The molecule has 19 heavy (non-hydrogen) atoms. The van der Waals surface area contributed by atoms with Gasteiger partial charge in [-0.05, 0) is 0 Å². The number of piperazine rings is 1. The zero-order valence-electron chi connectivity index (χ0n) is 10.2. The first-order valence-corrected chi connectivity index (χ1v) is 5.92. The number of ether oxygens (including phenoxy) is 1. The summed E-state index contributed by atoms with van der Waals surface area (Å²) in [6.45, 7) is 2.46. The average Bonchev–Trinajstić information content (AvgIpc) is 2.76. The highest BCUT2D eigenvalue weighted by Gasteiger charge is 2.27. The number of hydrogen-bond acceptors (Lipinski definition) is 6. The summed E-state index contributed by atoms with van der Waals surface area (Å²) in [5.74, 6) is 0.530. The van der Waals surface area contributed by atoms with E-state index in [2.05, 4.69) is 25.1 Å². The third-order valence-electron chi connectivity index (χ3n) is 2.58. The SMILES string of the molecule is FC(F)(F)COCc1nc(CN2CCNCC2)no1. The zero-order valence-corrected chi connectivity index (χ0v) is 10.2. The van der Waals surface area contributed by atoms with Crippen LogP contribution < -0.4 is 5.32 Å². The lowest BCUT2D eigenvalue weighted by Gasteiger charge is -2.25. The van der Waals surface area contributed by atoms with Gasteiger partial charge < -0.3 is 14.6 Å². The molecule has 0 radical (unpaired) electrons. The second-order valence-electron chi connectivity index (χ2n) is 4.24. The Balaban J connectivity index is 1.75. The lowest BCUT2D eigenvalue weighted by molar-refractivity contribution is -0.178. The van der Waals surface area contributed by atoms with Crippen molar-refractivity contribution in [3.63, 3.8) is 0 Å². The van der Waals surface area contributed by atoms with E-state index in [0.717, 1.165) is 26.2 Å². The predicted molar refractivity (Wildman–Crippen MR) is 58.2 cm³/mol. The van der Waals surface area contributed by atoms with Crippen molar-refractivity contribution in [1.29, 1.82) is 0 Å². The number of hydrogen-bond donors (Lipinski definition) is 1. The molecule has 1 fully saturated rings. The zero-order chi connectivity index (χ0) is 13.7. The van der Waals surface area contributed by atoms with Crippen LogP contribution in [-0.2, 0) is 17.9 Å². The summed E-state index contributed by atoms with van der Waals surface area (Å²) in [5, 5.41) is 6.93. The first kappa shape index (κ1) is 14.2. The predicted octanol–water partition coefficient (Wildman–Crippen LogP) is 0.554. The van der Waals surface area contributed by atoms with Crippen molar-refractivity contribution in [1.82, 2.24) is 20.4 Å². The van der Waals surface area contributed by atoms with E-state index in [1.807, 2.05) is 0 Å². The largest absolute Gasteiger partial charge is 0.411 e. The van der Waals surface area contributed by atoms with Crippen molar-refractivity contribution in [3.05, 3.63) is 11.7 Å². The summed E-state index contributed by atoms with van der Waals surface area (Å²) in [5.41, 5.74) is 0. The fourth-order valence-electron chi connectivity index (χ4n) is 1.74. The first-order chi connectivity index (χ1) is 9.03. The van der Waals surface area contributed by atoms with E-state index in [4.69, 9.17) is 4.52 Å². The van der Waals surface area contributed by atoms with Gasteiger partial charge in [-0.25, -0.2) is 0 Å². The highest BCUT2D eigenvalue weighted by atomic mass is 19.4. The minimum atomic E-state index is -4.34. The van der Waals surface area contributed by atoms with Crippen LogP contribution >= 0.6 is 0 Å². The third-order valence-corrected chi connectivity index (χ3v) is 2.58. The molecule has 0 bridgehead atoms. The molecule has 1 aromatic heterocycles. The summed E-state index contributed by atoms with van der Waals surface area (Å²) < 4.78 is 44.9. The van der Waals surface area contributed by atoms with E-state index in [1.54, 1.807) is 0 Å². The Morgan fingerprint density at radius 3 is 2.74 bits per heavy atom. The molecule has 2 heterocycles. The van der Waals surface area contributed by atoms with E-state index in [1.165, 1.54) is 0 Å². The van der Waals surface area contributed by atoms with Gasteiger partial charge in [-0.2, -0.15) is 18.2 Å². The molecule has 1 aromatic rings. The van der Waals surface area contributed by atoms with E-state index < -0.39 is 12.8 Å². The van der Waals surface area contributed by atoms with Crippen LogP contribution in [0.1, 0.15) is 11.7 Å². The number of rotatable bonds is 5. The molecule has 0 saturated carbocycles. The van der Waals surface area contributed by atoms with Gasteiger partial charge in [-0.15, -0.1) is 0 Å². The number of aromatic nitrogens is 2. The smallest absolute Gasteiger partial charge is 0.362 e. The molecule has 9 heteroatoms. The van der Waals surface area contributed by atoms with Gasteiger partial charge in [0.15, 0.2) is 5.82 Å². The Morgan fingerprint density at radius 2 is 2.05 bits per heavy atom. The molecule has 0 spiro atoms. The number of halogens is 3. The third kappa shape index (κ3) is 5.13. The van der Waals surface area contributed by atoms with Crippen LogP contribution in [-0.4, -0.2) is 54.0 Å². The lowest BCUT2D eigenvalue weighted by atomic mass is 10.3. The summed E-state index contributed by atoms with van der Waals surface area (Å²) in [4.78, 5) is 6.13. The van der Waals surface area contributed by atoms with Crippen LogP contribution in [0.3, 0.4) is 0 Å². The highest BCUT2D eigenvalue weighted by molar-refractivity contribution is 4.86. The Morgan fingerprint density at radius 1 is 1.32 bits per heavy atom. The van der Waals surface area contributed by atoms with Crippen molar-refractivity contribution >= 4 is 0 Å². The molecular formula is C10H15F3N4O2. The minimum Gasteiger partial charge on any atom is -0.362 e. The molecule has 6 nitrogen and oxygen atoms in total. The topological polar surface area (TPSA) is 63.4 Å². The van der Waals surface area contributed by atoms with Gasteiger partial charge >= 0.3 is 6.18 Å². The van der Waals surface area contributed by atoms with Gasteiger partial charge in [-0.3, -0.25) is 4.90 Å². The quantitative estimate of drug-likeness (QED) is 0.850. The molecule has 0 aromatic carbocycles. The summed E-state index contributed by atoms with van der Waals surface area (Å²) in [7, 11) is 0. The lowest BCUT2D eigenvalue weighted by Crippen LogP contribution is -2.43. The summed E-state index contributed by atoms with van der Waals surface area (Å²) in [6, 6.07) is 0. The van der Waals surface area contributed by atoms with Gasteiger partial charge in [0.25, 0.3) is 5.89 Å². The molecule has 0 aliphatic carbocycles. The maximum Gasteiger partial charge on any atom is 0.411 e. The monoisotopic (exact) mass is 280 g/mol. The van der Waals surface area contributed by atoms with Crippen LogP contribution in [0.2, 0.25) is 0 Å². The molecule has 0 unspecified atom stereocenters. The number of nitrogens with zero attached hydrogens (tertiary/aromatic N) is 3. The Kier molecular flexibility index (Phi) is 4.72. The molecule has 2 rings (SSSR count). The molecule has 0 amide bonds. The normalized spacial score (nSPS) is 17.8. The van der Waals surface area contributed by atoms with Gasteiger partial charge in [0.05, 0.1) is 6.54 Å². The maximum atomic E-state index is 11.9. The van der Waals surface area contributed by atoms with Gasteiger partial charge in [0.2, 0.25) is 0 Å². The van der Waals surface area contributed by atoms with Crippen molar-refractivity contribution in [2.24, 2.45) is 0 Å². The van der Waals surface area contributed by atoms with Gasteiger partial charge in [-0.1, -0.05) is 5.16 Å². The Bertz CT molecular complexity index is 390. The first-order valence-electron chi connectivity index (χ1n) is 5.92. The summed E-state index contributed by atoms with van der Waals surface area (Å²) in [6.07, 6.45) is -4.34. The fraction of sp³-hybridized carbons (Fsp3) is 0.800. The molecule has 1 saturated heterocycles. The van der Waals surface area contributed by atoms with E-state index in [0.29, 0.717) is 12.4 Å². The average molecular weight is 280 g/mol. The van der Waals surface area contributed by atoms with E-state index in [9.17, 15) is 13.2 Å². The van der Waals surface area contributed by atoms with Crippen molar-refractivity contribution in [3.8, 4) is 0 Å². The van der Waals surface area contributed by atoms with Crippen molar-refractivity contribution in [2.75, 3.05) is 32.8 Å². The second kappa shape index (κ2) is 6.31. The molecule has 1 aliphatic heterocycles. The second-order valence-corrected chi connectivity index (χ2v) is 4.24. The van der Waals surface area contributed by atoms with Crippen LogP contribution in [0.5, 0.6) is 0 Å². The highest BCUT2D eigenvalue weighted by Crippen LogP contribution is 2.15. The number of nitrogens with one attached hydrogen (secondary N) is 1. The van der Waals surface area contributed by atoms with Crippen LogP contribution in [0, 0.1) is 0 Å².